The average Bonchev–Trinajstić information content (AvgIpc) is 3.37. The largest absolute Gasteiger partial charge is 0.497 e. The third kappa shape index (κ3) is 8.51. The predicted octanol–water partition coefficient (Wildman–Crippen LogP) is 4.92. The van der Waals surface area contributed by atoms with E-state index in [0.717, 1.165) is 24.3 Å². The number of benzene rings is 3. The summed E-state index contributed by atoms with van der Waals surface area (Å²) in [4.78, 5) is 36.9. The average molecular weight is 656 g/mol. The number of hydrogen-bond donors (Lipinski definition) is 1. The molecule has 0 saturated carbocycles. The van der Waals surface area contributed by atoms with Crippen molar-refractivity contribution in [1.82, 2.24) is 9.29 Å². The molecule has 46 heavy (non-hydrogen) atoms. The van der Waals surface area contributed by atoms with Crippen molar-refractivity contribution in [3.63, 3.8) is 0 Å². The molecule has 4 rings (SSSR count). The molecular weight excluding hydrogens is 622 g/mol. The lowest BCUT2D eigenvalue weighted by molar-refractivity contribution is -0.384. The van der Waals surface area contributed by atoms with E-state index in [1.54, 1.807) is 63.2 Å². The number of fused-ring (bicyclic) bond motifs is 1. The van der Waals surface area contributed by atoms with Gasteiger partial charge in [-0.05, 0) is 56.7 Å². The van der Waals surface area contributed by atoms with Gasteiger partial charge in [0.15, 0.2) is 0 Å². The number of ether oxygens (including phenoxy) is 4. The Morgan fingerprint density at radius 2 is 1.63 bits per heavy atom. The minimum atomic E-state index is -4.68. The molecule has 0 aliphatic carbocycles. The number of nitro groups is 1. The molecule has 1 heterocycles. The van der Waals surface area contributed by atoms with Crippen molar-refractivity contribution in [2.45, 2.75) is 45.4 Å². The summed E-state index contributed by atoms with van der Waals surface area (Å²) in [6.07, 6.45) is 0.553. The van der Waals surface area contributed by atoms with Gasteiger partial charge in [-0.25, -0.2) is 4.79 Å². The maximum absolute atomic E-state index is 13.5. The molecule has 0 bridgehead atoms. The number of para-hydroxylation sites is 1. The number of hydrogen-bond acceptors (Lipinski definition) is 11. The number of carbonyl (C=O) groups excluding carboxylic acids is 2. The second-order valence-corrected chi connectivity index (χ2v) is 12.3. The molecule has 1 aromatic heterocycles. The lowest BCUT2D eigenvalue weighted by Gasteiger charge is -2.19. The SMILES string of the molecule is COc1ccc(COC(=O)[C@@H](Cc2cn(C(=O)OC(C)(C)C)c3ccccc23)NS(=O)(=O)Oc2ccc([N+](=O)[O-])cc2)c(OC)c1. The van der Waals surface area contributed by atoms with Gasteiger partial charge in [-0.3, -0.25) is 19.5 Å². The Hall–Kier alpha value is -5.15. The van der Waals surface area contributed by atoms with Gasteiger partial charge < -0.3 is 23.1 Å². The number of non-ortho nitro benzene ring substituents is 1. The van der Waals surface area contributed by atoms with Crippen LogP contribution in [0.2, 0.25) is 0 Å². The minimum Gasteiger partial charge on any atom is -0.497 e. The van der Waals surface area contributed by atoms with Crippen molar-refractivity contribution < 1.29 is 46.1 Å². The zero-order valence-corrected chi connectivity index (χ0v) is 26.5. The number of aromatic nitrogens is 1. The van der Waals surface area contributed by atoms with Crippen molar-refractivity contribution in [1.29, 1.82) is 0 Å². The molecule has 0 unspecified atom stereocenters. The van der Waals surface area contributed by atoms with E-state index in [0.29, 0.717) is 33.5 Å². The van der Waals surface area contributed by atoms with Gasteiger partial charge >= 0.3 is 22.4 Å². The van der Waals surface area contributed by atoms with Crippen LogP contribution in [0.5, 0.6) is 17.2 Å². The van der Waals surface area contributed by atoms with Gasteiger partial charge in [0.1, 0.15) is 35.5 Å². The topological polar surface area (TPSA) is 175 Å². The van der Waals surface area contributed by atoms with E-state index in [2.05, 4.69) is 4.72 Å². The monoisotopic (exact) mass is 655 g/mol. The number of nitro benzene ring substituents is 1. The second kappa shape index (κ2) is 13.9. The molecule has 14 nitrogen and oxygen atoms in total. The van der Waals surface area contributed by atoms with E-state index >= 15 is 0 Å². The van der Waals surface area contributed by atoms with E-state index in [1.165, 1.54) is 25.0 Å². The first-order chi connectivity index (χ1) is 21.7. The fraction of sp³-hybridized carbons (Fsp3) is 0.290. The number of nitrogens with zero attached hydrogens (tertiary/aromatic N) is 2. The summed E-state index contributed by atoms with van der Waals surface area (Å²) in [5, 5.41) is 11.5. The number of rotatable bonds is 12. The number of nitrogens with one attached hydrogen (secondary N) is 1. The first kappa shape index (κ1) is 33.7. The van der Waals surface area contributed by atoms with Crippen LogP contribution in [-0.2, 0) is 37.6 Å². The van der Waals surface area contributed by atoms with Gasteiger partial charge in [-0.15, -0.1) is 0 Å². The van der Waals surface area contributed by atoms with Crippen LogP contribution in [0.25, 0.3) is 10.9 Å². The van der Waals surface area contributed by atoms with Crippen LogP contribution < -0.4 is 18.4 Å². The molecule has 15 heteroatoms. The summed E-state index contributed by atoms with van der Waals surface area (Å²) in [6, 6.07) is 14.6. The van der Waals surface area contributed by atoms with Crippen LogP contribution in [0.15, 0.2) is 72.9 Å². The van der Waals surface area contributed by atoms with E-state index in [9.17, 15) is 28.1 Å². The Morgan fingerprint density at radius 3 is 2.26 bits per heavy atom. The number of esters is 1. The lowest BCUT2D eigenvalue weighted by atomic mass is 10.1. The molecular formula is C31H33N3O11S. The van der Waals surface area contributed by atoms with Gasteiger partial charge in [-0.1, -0.05) is 18.2 Å². The summed E-state index contributed by atoms with van der Waals surface area (Å²) >= 11 is 0. The highest BCUT2D eigenvalue weighted by atomic mass is 32.2. The Balaban J connectivity index is 1.65. The molecule has 0 fully saturated rings. The molecule has 0 radical (unpaired) electrons. The van der Waals surface area contributed by atoms with Crippen LogP contribution >= 0.6 is 0 Å². The van der Waals surface area contributed by atoms with Crippen LogP contribution in [-0.4, -0.2) is 55.8 Å². The Kier molecular flexibility index (Phi) is 10.2. The molecule has 244 valence electrons. The van der Waals surface area contributed by atoms with Gasteiger partial charge in [0.2, 0.25) is 0 Å². The fourth-order valence-corrected chi connectivity index (χ4v) is 5.38. The third-order valence-corrected chi connectivity index (χ3v) is 7.48. The summed E-state index contributed by atoms with van der Waals surface area (Å²) in [6.45, 7) is 4.90. The molecule has 0 amide bonds. The maximum atomic E-state index is 13.5. The van der Waals surface area contributed by atoms with Crippen LogP contribution in [0, 0.1) is 10.1 Å². The van der Waals surface area contributed by atoms with Gasteiger partial charge in [0.05, 0.1) is 24.7 Å². The van der Waals surface area contributed by atoms with Crippen molar-refractivity contribution in [2.75, 3.05) is 14.2 Å². The van der Waals surface area contributed by atoms with E-state index < -0.39 is 38.9 Å². The molecule has 0 aliphatic rings. The van der Waals surface area contributed by atoms with Crippen LogP contribution in [0.4, 0.5) is 10.5 Å². The summed E-state index contributed by atoms with van der Waals surface area (Å²) < 4.78 is 56.4. The van der Waals surface area contributed by atoms with Gasteiger partial charge in [0, 0.05) is 41.8 Å². The minimum absolute atomic E-state index is 0.227. The van der Waals surface area contributed by atoms with E-state index in [4.69, 9.17) is 23.1 Å². The fourth-order valence-electron chi connectivity index (χ4n) is 4.44. The smallest absolute Gasteiger partial charge is 0.419 e. The van der Waals surface area contributed by atoms with Crippen molar-refractivity contribution in [3.05, 3.63) is 94.2 Å². The molecule has 4 aromatic rings. The van der Waals surface area contributed by atoms with Crippen molar-refractivity contribution in [3.8, 4) is 17.2 Å². The predicted molar refractivity (Wildman–Crippen MR) is 166 cm³/mol. The Morgan fingerprint density at radius 1 is 0.957 bits per heavy atom. The quantitative estimate of drug-likeness (QED) is 0.125. The maximum Gasteiger partial charge on any atom is 0.419 e. The highest BCUT2D eigenvalue weighted by molar-refractivity contribution is 7.85. The standard InChI is InChI=1S/C31H33N3O11S/c1-31(2,3)44-30(36)33-18-21(25-8-6-7-9-27(25)33)16-26(29(35)43-19-20-10-13-24(41-4)17-28(20)42-5)32-46(39,40)45-23-14-11-22(12-15-23)34(37)38/h6-15,17-18,26,32H,16,19H2,1-5H3/t26-/m1/s1. The van der Waals surface area contributed by atoms with Crippen LogP contribution in [0.1, 0.15) is 31.9 Å². The summed E-state index contributed by atoms with van der Waals surface area (Å²) in [7, 11) is -1.76. The zero-order valence-electron chi connectivity index (χ0n) is 25.7. The highest BCUT2D eigenvalue weighted by Gasteiger charge is 2.30. The van der Waals surface area contributed by atoms with Gasteiger partial charge in [-0.2, -0.15) is 13.1 Å². The number of carbonyl (C=O) groups is 2. The normalized spacial score (nSPS) is 12.3. The lowest BCUT2D eigenvalue weighted by Crippen LogP contribution is -2.45. The van der Waals surface area contributed by atoms with Crippen molar-refractivity contribution in [2.24, 2.45) is 0 Å². The second-order valence-electron chi connectivity index (χ2n) is 11.0. The zero-order chi connectivity index (χ0) is 33.6. The molecule has 0 aliphatic heterocycles. The number of methoxy groups -OCH3 is 2. The van der Waals surface area contributed by atoms with E-state index in [1.807, 2.05) is 0 Å². The molecule has 3 aromatic carbocycles. The van der Waals surface area contributed by atoms with Gasteiger partial charge in [0.25, 0.3) is 5.69 Å². The molecule has 0 spiro atoms. The van der Waals surface area contributed by atoms with E-state index in [-0.39, 0.29) is 24.5 Å². The summed E-state index contributed by atoms with van der Waals surface area (Å²) in [5.41, 5.74) is 0.342. The first-order valence-electron chi connectivity index (χ1n) is 13.9. The Bertz CT molecular complexity index is 1850. The van der Waals surface area contributed by atoms with Crippen LogP contribution in [0.3, 0.4) is 0 Å². The highest BCUT2D eigenvalue weighted by Crippen LogP contribution is 2.27. The van der Waals surface area contributed by atoms with Crippen molar-refractivity contribution >= 4 is 39.0 Å². The molecule has 1 N–H and O–H groups in total. The summed E-state index contributed by atoms with van der Waals surface area (Å²) in [5.74, 6) is -0.286. The third-order valence-electron chi connectivity index (χ3n) is 6.50. The first-order valence-corrected chi connectivity index (χ1v) is 15.3. The molecule has 0 saturated heterocycles. The molecule has 1 atom stereocenters. The Labute approximate surface area is 265 Å².